The van der Waals surface area contributed by atoms with Crippen LogP contribution in [0.3, 0.4) is 0 Å². The first kappa shape index (κ1) is 17.5. The van der Waals surface area contributed by atoms with E-state index in [4.69, 9.17) is 11.6 Å². The molecule has 0 atom stereocenters. The number of nitrogens with zero attached hydrogens (tertiary/aromatic N) is 2. The minimum atomic E-state index is 0.176. The van der Waals surface area contributed by atoms with E-state index in [1.54, 1.807) is 11.3 Å². The third-order valence-electron chi connectivity index (χ3n) is 4.65. The Morgan fingerprint density at radius 2 is 1.96 bits per heavy atom. The number of rotatable bonds is 5. The molecule has 1 fully saturated rings. The van der Waals surface area contributed by atoms with E-state index in [9.17, 15) is 4.79 Å². The first-order valence-corrected chi connectivity index (χ1v) is 9.75. The minimum Gasteiger partial charge on any atom is -0.309 e. The van der Waals surface area contributed by atoms with Crippen molar-refractivity contribution in [3.05, 3.63) is 51.7 Å². The molecule has 1 aliphatic rings. The van der Waals surface area contributed by atoms with Crippen molar-refractivity contribution < 1.29 is 4.79 Å². The fraction of sp³-hybridized carbons (Fsp3) is 0.421. The zero-order valence-electron chi connectivity index (χ0n) is 14.0. The Morgan fingerprint density at radius 3 is 2.54 bits per heavy atom. The number of hydrogen-bond donors (Lipinski definition) is 0. The van der Waals surface area contributed by atoms with E-state index in [2.05, 4.69) is 11.8 Å². The van der Waals surface area contributed by atoms with Gasteiger partial charge in [-0.05, 0) is 55.1 Å². The Balaban J connectivity index is 1.80. The maximum Gasteiger partial charge on any atom is 0.232 e. The molecule has 1 saturated heterocycles. The molecule has 1 aliphatic heterocycles. The molecule has 128 valence electrons. The summed E-state index contributed by atoms with van der Waals surface area (Å²) in [5, 5.41) is 2.72. The Morgan fingerprint density at radius 1 is 1.25 bits per heavy atom. The summed E-state index contributed by atoms with van der Waals surface area (Å²) in [6, 6.07) is 11.9. The lowest BCUT2D eigenvalue weighted by molar-refractivity contribution is -0.118. The maximum atomic E-state index is 13.0. The Labute approximate surface area is 152 Å². The van der Waals surface area contributed by atoms with E-state index in [1.165, 1.54) is 0 Å². The van der Waals surface area contributed by atoms with E-state index >= 15 is 0 Å². The number of benzene rings is 1. The molecule has 3 rings (SSSR count). The lowest BCUT2D eigenvalue weighted by Crippen LogP contribution is -2.48. The molecule has 0 saturated carbocycles. The standard InChI is InChI=1S/C19H23ClN2OS/c1-2-21-11-9-17(10-12-21)22(16-7-5-15(20)6-8-16)19(23)14-18-4-3-13-24-18/h3-8,13,17H,2,9-12,14H2,1H3. The molecule has 2 aromatic rings. The van der Waals surface area contributed by atoms with Crippen LogP contribution in [0.15, 0.2) is 41.8 Å². The number of likely N-dealkylation sites (tertiary alicyclic amines) is 1. The highest BCUT2D eigenvalue weighted by Gasteiger charge is 2.28. The van der Waals surface area contributed by atoms with Crippen molar-refractivity contribution in [3.8, 4) is 0 Å². The molecule has 0 unspecified atom stereocenters. The van der Waals surface area contributed by atoms with Gasteiger partial charge in [0.05, 0.1) is 6.42 Å². The first-order chi connectivity index (χ1) is 11.7. The zero-order valence-corrected chi connectivity index (χ0v) is 15.5. The van der Waals surface area contributed by atoms with Crippen molar-refractivity contribution >= 4 is 34.5 Å². The van der Waals surface area contributed by atoms with Crippen molar-refractivity contribution in [3.63, 3.8) is 0 Å². The summed E-state index contributed by atoms with van der Waals surface area (Å²) in [5.74, 6) is 0.176. The summed E-state index contributed by atoms with van der Waals surface area (Å²) in [6.45, 7) is 5.38. The van der Waals surface area contributed by atoms with Crippen LogP contribution in [0.2, 0.25) is 5.02 Å². The molecule has 1 amide bonds. The summed E-state index contributed by atoms with van der Waals surface area (Å²) < 4.78 is 0. The molecule has 1 aromatic heterocycles. The SMILES string of the molecule is CCN1CCC(N(C(=O)Cc2cccs2)c2ccc(Cl)cc2)CC1. The predicted octanol–water partition coefficient (Wildman–Crippen LogP) is 4.46. The number of amides is 1. The third-order valence-corrected chi connectivity index (χ3v) is 5.78. The van der Waals surface area contributed by atoms with E-state index in [1.807, 2.05) is 46.7 Å². The van der Waals surface area contributed by atoms with Gasteiger partial charge in [0, 0.05) is 34.7 Å². The predicted molar refractivity (Wildman–Crippen MR) is 102 cm³/mol. The van der Waals surface area contributed by atoms with Crippen molar-refractivity contribution in [1.82, 2.24) is 4.90 Å². The second-order valence-corrected chi connectivity index (χ2v) is 7.63. The lowest BCUT2D eigenvalue weighted by atomic mass is 10.0. The van der Waals surface area contributed by atoms with Gasteiger partial charge in [0.2, 0.25) is 5.91 Å². The number of anilines is 1. The maximum absolute atomic E-state index is 13.0. The highest BCUT2D eigenvalue weighted by molar-refractivity contribution is 7.10. The number of thiophene rings is 1. The largest absolute Gasteiger partial charge is 0.309 e. The second kappa shape index (κ2) is 8.15. The highest BCUT2D eigenvalue weighted by atomic mass is 35.5. The molecule has 3 nitrogen and oxygen atoms in total. The van der Waals surface area contributed by atoms with Gasteiger partial charge >= 0.3 is 0 Å². The van der Waals surface area contributed by atoms with Gasteiger partial charge in [-0.3, -0.25) is 4.79 Å². The normalized spacial score (nSPS) is 16.2. The summed E-state index contributed by atoms with van der Waals surface area (Å²) in [7, 11) is 0. The minimum absolute atomic E-state index is 0.176. The van der Waals surface area contributed by atoms with Crippen LogP contribution in [0, 0.1) is 0 Å². The smallest absolute Gasteiger partial charge is 0.232 e. The number of piperidine rings is 1. The highest BCUT2D eigenvalue weighted by Crippen LogP contribution is 2.26. The van der Waals surface area contributed by atoms with Gasteiger partial charge in [-0.15, -0.1) is 11.3 Å². The summed E-state index contributed by atoms with van der Waals surface area (Å²) in [5.41, 5.74) is 0.955. The van der Waals surface area contributed by atoms with Gasteiger partial charge in [-0.1, -0.05) is 24.6 Å². The molecule has 0 bridgehead atoms. The van der Waals surface area contributed by atoms with Crippen LogP contribution >= 0.6 is 22.9 Å². The van der Waals surface area contributed by atoms with Crippen molar-refractivity contribution in [2.75, 3.05) is 24.5 Å². The van der Waals surface area contributed by atoms with Crippen LogP contribution in [-0.4, -0.2) is 36.5 Å². The molecule has 24 heavy (non-hydrogen) atoms. The van der Waals surface area contributed by atoms with Gasteiger partial charge in [0.1, 0.15) is 0 Å². The molecular weight excluding hydrogens is 340 g/mol. The Bertz CT molecular complexity index is 649. The summed E-state index contributed by atoms with van der Waals surface area (Å²) >= 11 is 7.67. The van der Waals surface area contributed by atoms with Crippen LogP contribution < -0.4 is 4.90 Å². The third kappa shape index (κ3) is 4.18. The average Bonchev–Trinajstić information content (AvgIpc) is 3.10. The van der Waals surface area contributed by atoms with Crippen LogP contribution in [-0.2, 0) is 11.2 Å². The van der Waals surface area contributed by atoms with Crippen molar-refractivity contribution in [2.45, 2.75) is 32.2 Å². The second-order valence-electron chi connectivity index (χ2n) is 6.16. The van der Waals surface area contributed by atoms with Crippen LogP contribution in [0.5, 0.6) is 0 Å². The van der Waals surface area contributed by atoms with E-state index < -0.39 is 0 Å². The Kier molecular flexibility index (Phi) is 5.93. The van der Waals surface area contributed by atoms with E-state index in [-0.39, 0.29) is 11.9 Å². The molecule has 0 spiro atoms. The number of carbonyl (C=O) groups is 1. The lowest BCUT2D eigenvalue weighted by Gasteiger charge is -2.38. The van der Waals surface area contributed by atoms with Gasteiger partial charge in [-0.2, -0.15) is 0 Å². The Hall–Kier alpha value is -1.36. The molecule has 0 radical (unpaired) electrons. The fourth-order valence-corrected chi connectivity index (χ4v) is 4.12. The average molecular weight is 363 g/mol. The molecule has 2 heterocycles. The van der Waals surface area contributed by atoms with Gasteiger partial charge in [0.25, 0.3) is 0 Å². The molecular formula is C19H23ClN2OS. The molecule has 0 aliphatic carbocycles. The first-order valence-electron chi connectivity index (χ1n) is 8.49. The van der Waals surface area contributed by atoms with Gasteiger partial charge in [-0.25, -0.2) is 0 Å². The number of carbonyl (C=O) groups excluding carboxylic acids is 1. The topological polar surface area (TPSA) is 23.6 Å². The molecule has 5 heteroatoms. The van der Waals surface area contributed by atoms with Crippen molar-refractivity contribution in [1.29, 1.82) is 0 Å². The van der Waals surface area contributed by atoms with Crippen molar-refractivity contribution in [2.24, 2.45) is 0 Å². The fourth-order valence-electron chi connectivity index (χ4n) is 3.30. The van der Waals surface area contributed by atoms with E-state index in [0.717, 1.165) is 43.0 Å². The monoisotopic (exact) mass is 362 g/mol. The van der Waals surface area contributed by atoms with Crippen LogP contribution in [0.4, 0.5) is 5.69 Å². The summed E-state index contributed by atoms with van der Waals surface area (Å²) in [4.78, 5) is 18.6. The van der Waals surface area contributed by atoms with E-state index in [0.29, 0.717) is 11.4 Å². The van der Waals surface area contributed by atoms with Gasteiger partial charge in [0.15, 0.2) is 0 Å². The number of halogens is 1. The number of hydrogen-bond acceptors (Lipinski definition) is 3. The summed E-state index contributed by atoms with van der Waals surface area (Å²) in [6.07, 6.45) is 2.51. The van der Waals surface area contributed by atoms with Crippen LogP contribution in [0.1, 0.15) is 24.6 Å². The van der Waals surface area contributed by atoms with Gasteiger partial charge < -0.3 is 9.80 Å². The zero-order chi connectivity index (χ0) is 16.9. The molecule has 1 aromatic carbocycles. The molecule has 0 N–H and O–H groups in total. The quantitative estimate of drug-likeness (QED) is 0.783. The van der Waals surface area contributed by atoms with Crippen LogP contribution in [0.25, 0.3) is 0 Å².